The van der Waals surface area contributed by atoms with Crippen molar-refractivity contribution in [2.45, 2.75) is 19.8 Å². The maximum absolute atomic E-state index is 3.35. The third-order valence-electron chi connectivity index (χ3n) is 2.16. The Bertz CT molecular complexity index is 146. The number of nitrogens with one attached hydrogen (secondary N) is 1. The van der Waals surface area contributed by atoms with E-state index in [1.54, 1.807) is 5.57 Å². The Balaban J connectivity index is 2.25. The molecule has 0 spiro atoms. The van der Waals surface area contributed by atoms with Crippen LogP contribution in [0.15, 0.2) is 11.3 Å². The second-order valence-corrected chi connectivity index (χ2v) is 2.77. The van der Waals surface area contributed by atoms with Crippen molar-refractivity contribution in [3.05, 3.63) is 11.3 Å². The van der Waals surface area contributed by atoms with Crippen LogP contribution in [0.5, 0.6) is 0 Å². The van der Waals surface area contributed by atoms with E-state index in [4.69, 9.17) is 0 Å². The molecule has 1 unspecified atom stereocenters. The van der Waals surface area contributed by atoms with Gasteiger partial charge in [-0.1, -0.05) is 0 Å². The lowest BCUT2D eigenvalue weighted by atomic mass is 10.2. The van der Waals surface area contributed by atoms with Gasteiger partial charge in [-0.2, -0.15) is 0 Å². The molecule has 0 aromatic rings. The van der Waals surface area contributed by atoms with Gasteiger partial charge in [-0.15, -0.1) is 0 Å². The number of rotatable bonds is 0. The van der Waals surface area contributed by atoms with Gasteiger partial charge in [0.15, 0.2) is 0 Å². The molecule has 1 fully saturated rings. The molecular weight excluding hydrogens is 98.1 g/mol. The van der Waals surface area contributed by atoms with Crippen LogP contribution in [0.4, 0.5) is 0 Å². The maximum Gasteiger partial charge on any atom is 0.0149 e. The largest absolute Gasteiger partial charge is 0.389 e. The summed E-state index contributed by atoms with van der Waals surface area (Å²) in [5.74, 6) is 0.997. The topological polar surface area (TPSA) is 12.0 Å². The molecule has 0 aromatic heterocycles. The molecule has 1 aliphatic heterocycles. The predicted molar refractivity (Wildman–Crippen MR) is 33.4 cm³/mol. The van der Waals surface area contributed by atoms with Gasteiger partial charge >= 0.3 is 0 Å². The molecule has 1 saturated carbocycles. The van der Waals surface area contributed by atoms with Gasteiger partial charge in [-0.05, 0) is 31.3 Å². The molecule has 1 heterocycles. The minimum absolute atomic E-state index is 0.997. The second-order valence-electron chi connectivity index (χ2n) is 2.77. The minimum atomic E-state index is 0.997. The SMILES string of the molecule is CC1=C2CC2CCN1. The number of allylic oxidation sites excluding steroid dienone is 2. The summed E-state index contributed by atoms with van der Waals surface area (Å²) >= 11 is 0. The van der Waals surface area contributed by atoms with Crippen molar-refractivity contribution in [2.75, 3.05) is 6.54 Å². The summed E-state index contributed by atoms with van der Waals surface area (Å²) in [4.78, 5) is 0. The van der Waals surface area contributed by atoms with E-state index < -0.39 is 0 Å². The van der Waals surface area contributed by atoms with Crippen molar-refractivity contribution in [2.24, 2.45) is 5.92 Å². The minimum Gasteiger partial charge on any atom is -0.389 e. The summed E-state index contributed by atoms with van der Waals surface area (Å²) in [5.41, 5.74) is 3.15. The van der Waals surface area contributed by atoms with Crippen molar-refractivity contribution in [3.63, 3.8) is 0 Å². The van der Waals surface area contributed by atoms with Gasteiger partial charge < -0.3 is 5.32 Å². The van der Waals surface area contributed by atoms with Crippen LogP contribution in [-0.4, -0.2) is 6.54 Å². The third kappa shape index (κ3) is 0.473. The zero-order chi connectivity index (χ0) is 5.56. The van der Waals surface area contributed by atoms with Crippen LogP contribution in [0.1, 0.15) is 19.8 Å². The monoisotopic (exact) mass is 109 g/mol. The van der Waals surface area contributed by atoms with Crippen LogP contribution >= 0.6 is 0 Å². The van der Waals surface area contributed by atoms with Gasteiger partial charge in [0, 0.05) is 12.2 Å². The molecule has 1 atom stereocenters. The molecule has 44 valence electrons. The van der Waals surface area contributed by atoms with E-state index in [-0.39, 0.29) is 0 Å². The van der Waals surface area contributed by atoms with Crippen molar-refractivity contribution in [3.8, 4) is 0 Å². The lowest BCUT2D eigenvalue weighted by Gasteiger charge is -2.09. The van der Waals surface area contributed by atoms with Gasteiger partial charge in [0.05, 0.1) is 0 Å². The first kappa shape index (κ1) is 4.42. The van der Waals surface area contributed by atoms with Crippen LogP contribution < -0.4 is 5.32 Å². The average molecular weight is 109 g/mol. The first-order chi connectivity index (χ1) is 3.88. The Hall–Kier alpha value is -0.460. The molecule has 2 aliphatic rings. The molecule has 0 saturated heterocycles. The maximum atomic E-state index is 3.35. The fourth-order valence-corrected chi connectivity index (χ4v) is 1.49. The van der Waals surface area contributed by atoms with Crippen LogP contribution in [0.3, 0.4) is 0 Å². The normalized spacial score (nSPS) is 33.9. The van der Waals surface area contributed by atoms with Crippen LogP contribution in [0.2, 0.25) is 0 Å². The van der Waals surface area contributed by atoms with E-state index >= 15 is 0 Å². The molecule has 1 N–H and O–H groups in total. The Labute approximate surface area is 49.8 Å². The quantitative estimate of drug-likeness (QED) is 0.494. The molecule has 0 bridgehead atoms. The van der Waals surface area contributed by atoms with E-state index in [0.29, 0.717) is 0 Å². The lowest BCUT2D eigenvalue weighted by Crippen LogP contribution is -2.16. The molecule has 2 rings (SSSR count). The summed E-state index contributed by atoms with van der Waals surface area (Å²) in [6.45, 7) is 3.40. The summed E-state index contributed by atoms with van der Waals surface area (Å²) in [5, 5.41) is 3.35. The van der Waals surface area contributed by atoms with Gasteiger partial charge in [-0.25, -0.2) is 0 Å². The highest BCUT2D eigenvalue weighted by atomic mass is 14.9. The van der Waals surface area contributed by atoms with Crippen molar-refractivity contribution in [1.29, 1.82) is 0 Å². The Morgan fingerprint density at radius 2 is 2.50 bits per heavy atom. The summed E-state index contributed by atoms with van der Waals surface area (Å²) < 4.78 is 0. The van der Waals surface area contributed by atoms with Crippen LogP contribution in [0, 0.1) is 5.92 Å². The van der Waals surface area contributed by atoms with E-state index in [9.17, 15) is 0 Å². The zero-order valence-electron chi connectivity index (χ0n) is 5.20. The summed E-state index contributed by atoms with van der Waals surface area (Å²) in [7, 11) is 0. The number of hydrogen-bond acceptors (Lipinski definition) is 1. The zero-order valence-corrected chi connectivity index (χ0v) is 5.20. The first-order valence-electron chi connectivity index (χ1n) is 3.31. The Kier molecular flexibility index (Phi) is 0.706. The van der Waals surface area contributed by atoms with E-state index in [1.165, 1.54) is 25.1 Å². The molecule has 8 heavy (non-hydrogen) atoms. The first-order valence-corrected chi connectivity index (χ1v) is 3.31. The third-order valence-corrected chi connectivity index (χ3v) is 2.16. The van der Waals surface area contributed by atoms with Crippen LogP contribution in [0.25, 0.3) is 0 Å². The van der Waals surface area contributed by atoms with Gasteiger partial charge in [0.2, 0.25) is 0 Å². The molecule has 0 radical (unpaired) electrons. The predicted octanol–water partition coefficient (Wildman–Crippen LogP) is 1.27. The van der Waals surface area contributed by atoms with Crippen molar-refractivity contribution in [1.82, 2.24) is 5.32 Å². The molecule has 1 nitrogen and oxygen atoms in total. The van der Waals surface area contributed by atoms with Crippen LogP contribution in [-0.2, 0) is 0 Å². The van der Waals surface area contributed by atoms with Gasteiger partial charge in [0.25, 0.3) is 0 Å². The Morgan fingerprint density at radius 3 is 3.12 bits per heavy atom. The molecule has 0 aromatic carbocycles. The van der Waals surface area contributed by atoms with Gasteiger partial charge in [-0.3, -0.25) is 0 Å². The molecule has 1 heteroatoms. The van der Waals surface area contributed by atoms with Crippen molar-refractivity contribution < 1.29 is 0 Å². The van der Waals surface area contributed by atoms with E-state index in [1.807, 2.05) is 0 Å². The fourth-order valence-electron chi connectivity index (χ4n) is 1.49. The fraction of sp³-hybridized carbons (Fsp3) is 0.714. The summed E-state index contributed by atoms with van der Waals surface area (Å²) in [6.07, 6.45) is 2.77. The van der Waals surface area contributed by atoms with Gasteiger partial charge in [0.1, 0.15) is 0 Å². The number of fused-ring (bicyclic) bond motifs is 1. The molecular formula is C7H11N. The smallest absolute Gasteiger partial charge is 0.0149 e. The molecule has 0 amide bonds. The highest BCUT2D eigenvalue weighted by Gasteiger charge is 2.33. The van der Waals surface area contributed by atoms with E-state index in [2.05, 4.69) is 12.2 Å². The molecule has 1 aliphatic carbocycles. The summed E-state index contributed by atoms with van der Waals surface area (Å²) in [6, 6.07) is 0. The second kappa shape index (κ2) is 1.28. The lowest BCUT2D eigenvalue weighted by molar-refractivity contribution is 0.652. The van der Waals surface area contributed by atoms with E-state index in [0.717, 1.165) is 5.92 Å². The highest BCUT2D eigenvalue weighted by molar-refractivity contribution is 5.30. The highest BCUT2D eigenvalue weighted by Crippen LogP contribution is 2.43. The Morgan fingerprint density at radius 1 is 1.62 bits per heavy atom. The number of hydrogen-bond donors (Lipinski definition) is 1. The standard InChI is InChI=1S/C7H11N/c1-5-7-4-6(7)2-3-8-5/h6,8H,2-4H2,1H3. The van der Waals surface area contributed by atoms with Crippen molar-refractivity contribution >= 4 is 0 Å². The average Bonchev–Trinajstić information content (AvgIpc) is 2.45.